The van der Waals surface area contributed by atoms with Crippen LogP contribution in [0.25, 0.3) is 0 Å². The van der Waals surface area contributed by atoms with Gasteiger partial charge in [-0.05, 0) is 212 Å². The van der Waals surface area contributed by atoms with Crippen LogP contribution in [0.1, 0.15) is 222 Å². The Morgan fingerprint density at radius 2 is 1.04 bits per heavy atom. The summed E-state index contributed by atoms with van der Waals surface area (Å²) in [6.07, 6.45) is 29.9. The fourth-order valence-corrected chi connectivity index (χ4v) is 22.3. The number of hydrogen-bond donors (Lipinski definition) is 4. The number of aromatic amines is 2. The van der Waals surface area contributed by atoms with E-state index in [0.717, 1.165) is 57.8 Å². The lowest BCUT2D eigenvalue weighted by atomic mass is 9.33. The van der Waals surface area contributed by atoms with Gasteiger partial charge in [-0.25, -0.2) is 0 Å². The molecule has 384 valence electrons. The summed E-state index contributed by atoms with van der Waals surface area (Å²) in [4.78, 5) is 16.5. The maximum atomic E-state index is 12.8. The van der Waals surface area contributed by atoms with E-state index in [1.165, 1.54) is 85.9 Å². The van der Waals surface area contributed by atoms with E-state index in [1.807, 2.05) is 0 Å². The quantitative estimate of drug-likeness (QED) is 0.178. The van der Waals surface area contributed by atoms with Crippen LogP contribution in [0.15, 0.2) is 54.1 Å². The van der Waals surface area contributed by atoms with Crippen LogP contribution in [-0.2, 0) is 28.5 Å². The number of aliphatic carboxylic acids is 1. The minimum atomic E-state index is -0.544. The van der Waals surface area contributed by atoms with E-state index in [0.29, 0.717) is 40.8 Å². The first-order chi connectivity index (χ1) is 32.4. The van der Waals surface area contributed by atoms with Crippen molar-refractivity contribution < 1.29 is 15.0 Å². The van der Waals surface area contributed by atoms with Gasteiger partial charge in [-0.3, -0.25) is 9.89 Å². The van der Waals surface area contributed by atoms with Gasteiger partial charge in [-0.2, -0.15) is 5.10 Å². The largest absolute Gasteiger partial charge is 0.512 e. The number of aromatic nitrogens is 3. The fraction of sp³-hybridized carbons (Fsp3) is 0.781. The Hall–Kier alpha value is -3.02. The highest BCUT2D eigenvalue weighted by atomic mass is 16.4. The van der Waals surface area contributed by atoms with Gasteiger partial charge in [0, 0.05) is 33.8 Å². The van der Waals surface area contributed by atoms with Crippen LogP contribution in [-0.4, -0.2) is 31.4 Å². The molecule has 0 bridgehead atoms. The number of aliphatic hydroxyl groups excluding tert-OH is 1. The molecule has 6 fully saturated rings. The molecule has 4 N–H and O–H groups in total. The predicted molar refractivity (Wildman–Crippen MR) is 284 cm³/mol. The third kappa shape index (κ3) is 6.09. The van der Waals surface area contributed by atoms with Gasteiger partial charge in [-0.15, -0.1) is 0 Å². The molecule has 10 aliphatic carbocycles. The molecule has 6 saturated carbocycles. The normalized spacial score (nSPS) is 47.3. The summed E-state index contributed by atoms with van der Waals surface area (Å²) in [5.41, 5.74) is 10.6. The zero-order valence-electron chi connectivity index (χ0n) is 46.5. The summed E-state index contributed by atoms with van der Waals surface area (Å²) in [6.45, 7) is 39.4. The van der Waals surface area contributed by atoms with Crippen molar-refractivity contribution in [1.29, 1.82) is 0 Å². The number of allylic oxidation sites excluding steroid dienone is 5. The van der Waals surface area contributed by atoms with Crippen molar-refractivity contribution in [3.8, 4) is 0 Å². The summed E-state index contributed by atoms with van der Waals surface area (Å²) in [6, 6.07) is 2.34. The van der Waals surface area contributed by atoms with Crippen LogP contribution in [0, 0.1) is 89.7 Å². The molecule has 0 spiro atoms. The molecule has 14 atom stereocenters. The number of rotatable bonds is 2. The molecule has 10 aliphatic rings. The van der Waals surface area contributed by atoms with E-state index in [1.54, 1.807) is 5.57 Å². The van der Waals surface area contributed by atoms with Crippen molar-refractivity contribution in [2.75, 3.05) is 0 Å². The second kappa shape index (κ2) is 14.8. The second-order valence-corrected chi connectivity index (χ2v) is 30.9. The summed E-state index contributed by atoms with van der Waals surface area (Å²) in [7, 11) is 0. The molecular formula is C64H95N3O3. The lowest BCUT2D eigenvalue weighted by Crippen LogP contribution is -2.64. The van der Waals surface area contributed by atoms with Gasteiger partial charge >= 0.3 is 5.97 Å². The van der Waals surface area contributed by atoms with Gasteiger partial charge in [0.15, 0.2) is 0 Å². The van der Waals surface area contributed by atoms with Gasteiger partial charge in [-0.1, -0.05) is 127 Å². The van der Waals surface area contributed by atoms with Gasteiger partial charge < -0.3 is 15.2 Å². The van der Waals surface area contributed by atoms with Gasteiger partial charge in [0.25, 0.3) is 0 Å². The highest BCUT2D eigenvalue weighted by Crippen LogP contribution is 2.78. The smallest absolute Gasteiger partial charge is 0.310 e. The SMILES string of the molecule is C=C(O)[C@]12CCC(C)(C)CC1C1=CCC3[C@@]4(C)Cc5cn[nH]c5C(C)(C)C4CC[C@@]3(C)[C@]1(C)CC2.CC1(C)CC[C@]2(C(=O)O)CC[C@]3(C)C(=CCC4[C@@]5(C)Cc6cc[nH]c6C(C)(C)C5CC[C@]43C)C2C1. The number of hydrogen-bond acceptors (Lipinski definition) is 3. The van der Waals surface area contributed by atoms with Crippen LogP contribution < -0.4 is 0 Å². The summed E-state index contributed by atoms with van der Waals surface area (Å²) in [5.74, 6) is 3.23. The minimum Gasteiger partial charge on any atom is -0.512 e. The summed E-state index contributed by atoms with van der Waals surface area (Å²) < 4.78 is 0. The zero-order valence-corrected chi connectivity index (χ0v) is 46.5. The number of nitrogens with one attached hydrogen (secondary N) is 2. The molecule has 0 amide bonds. The predicted octanol–water partition coefficient (Wildman–Crippen LogP) is 16.2. The van der Waals surface area contributed by atoms with Gasteiger partial charge in [0.05, 0.1) is 17.4 Å². The molecule has 6 heteroatoms. The number of nitrogens with zero attached hydrogens (tertiary/aromatic N) is 1. The lowest BCUT2D eigenvalue weighted by molar-refractivity contribution is -0.177. The van der Waals surface area contributed by atoms with Crippen molar-refractivity contribution >= 4 is 5.97 Å². The fourth-order valence-electron chi connectivity index (χ4n) is 22.3. The molecule has 0 aromatic carbocycles. The van der Waals surface area contributed by atoms with Crippen LogP contribution in [0.4, 0.5) is 0 Å². The Morgan fingerprint density at radius 1 is 0.586 bits per heavy atom. The number of carboxylic acids is 1. The Kier molecular flexibility index (Phi) is 10.4. The highest BCUT2D eigenvalue weighted by Gasteiger charge is 2.71. The molecule has 2 aromatic heterocycles. The number of fused-ring (bicyclic) bond motifs is 16. The first-order valence-corrected chi connectivity index (χ1v) is 28.7. The molecule has 12 rings (SSSR count). The molecule has 0 aliphatic heterocycles. The van der Waals surface area contributed by atoms with Gasteiger partial charge in [0.1, 0.15) is 0 Å². The topological polar surface area (TPSA) is 102 Å². The molecule has 2 heterocycles. The average molecular weight is 954 g/mol. The van der Waals surface area contributed by atoms with Crippen molar-refractivity contribution in [2.45, 2.75) is 223 Å². The Morgan fingerprint density at radius 3 is 1.56 bits per heavy atom. The van der Waals surface area contributed by atoms with Crippen molar-refractivity contribution in [3.63, 3.8) is 0 Å². The molecular weight excluding hydrogens is 859 g/mol. The van der Waals surface area contributed by atoms with E-state index < -0.39 is 11.4 Å². The third-order valence-corrected chi connectivity index (χ3v) is 26.5. The average Bonchev–Trinajstić information content (AvgIpc) is 3.94. The van der Waals surface area contributed by atoms with E-state index in [9.17, 15) is 15.0 Å². The first-order valence-electron chi connectivity index (χ1n) is 28.7. The van der Waals surface area contributed by atoms with Crippen molar-refractivity contribution in [2.24, 2.45) is 89.7 Å². The summed E-state index contributed by atoms with van der Waals surface area (Å²) in [5, 5.41) is 29.5. The van der Waals surface area contributed by atoms with E-state index in [4.69, 9.17) is 0 Å². The maximum absolute atomic E-state index is 12.8. The van der Waals surface area contributed by atoms with Crippen LogP contribution in [0.5, 0.6) is 0 Å². The standard InChI is InChI=1S/C32H48N2O.C32H47NO2/c1-20(35)32-15-13-27(2,3)18-23(32)22-9-10-25-29(6)17-21-19-33-34-26(21)28(4,5)24(29)11-12-31(25,8)30(22,7)14-16-32;1-27(2)13-15-32(26(34)35)16-14-30(6)21(22(32)19-27)8-9-24-29(5)18-20-11-17-33-25(20)28(3,4)23(29)10-12-31(24,30)7/h9,19,23-25,35H,1,10-18H2,2-8H3,(H,33,34);8,11,17,22-24,33H,9-10,12-16,18-19H2,1-7H3,(H,34,35)/t23?,24?,25?,29-,30+,31+,32+;22?,23?,24?,29-,30+,31+,32-/m00/s1. The van der Waals surface area contributed by atoms with Crippen LogP contribution in [0.3, 0.4) is 0 Å². The zero-order chi connectivity index (χ0) is 50.5. The number of H-pyrrole nitrogens is 2. The third-order valence-electron chi connectivity index (χ3n) is 26.5. The second-order valence-electron chi connectivity index (χ2n) is 30.9. The number of aliphatic hydroxyl groups is 1. The molecule has 6 nitrogen and oxygen atoms in total. The lowest BCUT2D eigenvalue weighted by Gasteiger charge is -2.70. The number of carbonyl (C=O) groups is 1. The maximum Gasteiger partial charge on any atom is 0.310 e. The van der Waals surface area contributed by atoms with Gasteiger partial charge in [0.2, 0.25) is 0 Å². The summed E-state index contributed by atoms with van der Waals surface area (Å²) >= 11 is 0. The van der Waals surface area contributed by atoms with E-state index >= 15 is 0 Å². The van der Waals surface area contributed by atoms with Crippen molar-refractivity contribution in [3.05, 3.63) is 76.6 Å². The molecule has 0 saturated heterocycles. The molecule has 0 radical (unpaired) electrons. The molecule has 70 heavy (non-hydrogen) atoms. The minimum absolute atomic E-state index is 0.101. The Bertz CT molecular complexity index is 2390. The molecule has 6 unspecified atom stereocenters. The van der Waals surface area contributed by atoms with Crippen LogP contribution >= 0.6 is 0 Å². The van der Waals surface area contributed by atoms with E-state index in [2.05, 4.69) is 149 Å². The highest BCUT2D eigenvalue weighted by molar-refractivity contribution is 5.76. The Balaban J connectivity index is 0.000000152. The van der Waals surface area contributed by atoms with E-state index in [-0.39, 0.29) is 60.1 Å². The van der Waals surface area contributed by atoms with Crippen LogP contribution in [0.2, 0.25) is 0 Å². The molecule has 2 aromatic rings. The van der Waals surface area contributed by atoms with Crippen molar-refractivity contribution in [1.82, 2.24) is 15.2 Å². The number of carboxylic acid groups (broad SMARTS) is 1. The monoisotopic (exact) mass is 954 g/mol. The Labute approximate surface area is 424 Å². The first kappa shape index (κ1) is 49.2.